The second-order valence-electron chi connectivity index (χ2n) is 17.5. The number of aromatic nitrogens is 2. The van der Waals surface area contributed by atoms with Crippen molar-refractivity contribution in [2.45, 2.75) is 97.7 Å². The number of benzene rings is 2. The van der Waals surface area contributed by atoms with E-state index < -0.39 is 41.4 Å². The lowest BCUT2D eigenvalue weighted by Gasteiger charge is -2.40. The lowest BCUT2D eigenvalue weighted by atomic mass is 9.84. The molecule has 3 N–H and O–H groups in total. The molecular weight excluding hydrogens is 777 g/mol. The first kappa shape index (κ1) is 43.5. The van der Waals surface area contributed by atoms with Crippen molar-refractivity contribution < 1.29 is 38.5 Å². The van der Waals surface area contributed by atoms with Gasteiger partial charge < -0.3 is 34.1 Å². The molecule has 3 aliphatic rings. The highest BCUT2D eigenvalue weighted by molar-refractivity contribution is 5.96. The molecule has 5 heterocycles. The number of hydrogen-bond donors (Lipinski definition) is 3. The van der Waals surface area contributed by atoms with Gasteiger partial charge in [0.2, 0.25) is 11.8 Å². The van der Waals surface area contributed by atoms with Crippen molar-refractivity contribution in [3.8, 4) is 28.1 Å². The lowest BCUT2D eigenvalue weighted by Crippen LogP contribution is -2.62. The number of aromatic hydroxyl groups is 1. The maximum absolute atomic E-state index is 14.5. The predicted octanol–water partition coefficient (Wildman–Crippen LogP) is 5.33. The fourth-order valence-corrected chi connectivity index (χ4v) is 8.73. The van der Waals surface area contributed by atoms with Crippen LogP contribution < -0.4 is 10.7 Å². The van der Waals surface area contributed by atoms with Crippen LogP contribution in [-0.4, -0.2) is 106 Å². The summed E-state index contributed by atoms with van der Waals surface area (Å²) in [5, 5.41) is 16.6. The molecular formula is C47H58N6O8. The van der Waals surface area contributed by atoms with Gasteiger partial charge in [-0.1, -0.05) is 46.4 Å². The summed E-state index contributed by atoms with van der Waals surface area (Å²) in [6.45, 7) is 15.6. The maximum Gasteiger partial charge on any atom is 0.324 e. The van der Waals surface area contributed by atoms with E-state index >= 15 is 0 Å². The highest BCUT2D eigenvalue weighted by Crippen LogP contribution is 2.41. The Labute approximate surface area is 357 Å². The number of hydrazine groups is 1. The van der Waals surface area contributed by atoms with E-state index in [4.69, 9.17) is 19.2 Å². The molecule has 14 heteroatoms. The molecule has 1 unspecified atom stereocenters. The van der Waals surface area contributed by atoms with Crippen LogP contribution in [0.15, 0.2) is 67.4 Å². The summed E-state index contributed by atoms with van der Waals surface area (Å²) in [5.41, 5.74) is 9.70. The minimum Gasteiger partial charge on any atom is -0.508 e. The monoisotopic (exact) mass is 834 g/mol. The average molecular weight is 835 g/mol. The van der Waals surface area contributed by atoms with Crippen LogP contribution >= 0.6 is 0 Å². The van der Waals surface area contributed by atoms with Crippen LogP contribution in [0.3, 0.4) is 0 Å². The Kier molecular flexibility index (Phi) is 13.0. The second-order valence-corrected chi connectivity index (χ2v) is 17.5. The number of nitrogens with one attached hydrogen (secondary N) is 2. The van der Waals surface area contributed by atoms with Crippen LogP contribution in [0.4, 0.5) is 0 Å². The van der Waals surface area contributed by atoms with E-state index in [1.807, 2.05) is 32.0 Å². The van der Waals surface area contributed by atoms with Gasteiger partial charge in [0.25, 0.3) is 5.91 Å². The summed E-state index contributed by atoms with van der Waals surface area (Å²) in [4.78, 5) is 60.8. The fraction of sp³-hybridized carbons (Fsp3) is 0.468. The Hall–Kier alpha value is -5.57. The number of cyclic esters (lactones) is 1. The highest BCUT2D eigenvalue weighted by Gasteiger charge is 2.39. The van der Waals surface area contributed by atoms with Crippen LogP contribution in [-0.2, 0) is 59.4 Å². The predicted molar refractivity (Wildman–Crippen MR) is 231 cm³/mol. The van der Waals surface area contributed by atoms with Crippen LogP contribution in [0, 0.1) is 11.3 Å². The number of carbonyl (C=O) groups excluding carboxylic acids is 4. The third-order valence-corrected chi connectivity index (χ3v) is 11.8. The Bertz CT molecular complexity index is 2310. The van der Waals surface area contributed by atoms with E-state index in [-0.39, 0.29) is 36.7 Å². The van der Waals surface area contributed by atoms with E-state index in [2.05, 4.69) is 60.9 Å². The molecule has 0 spiro atoms. The number of phenols is 1. The number of fused-ring (bicyclic) bond motifs is 6. The largest absolute Gasteiger partial charge is 0.508 e. The van der Waals surface area contributed by atoms with Gasteiger partial charge in [0.05, 0.1) is 30.7 Å². The Morgan fingerprint density at radius 1 is 1.13 bits per heavy atom. The molecule has 0 aliphatic carbocycles. The quantitative estimate of drug-likeness (QED) is 0.141. The van der Waals surface area contributed by atoms with Crippen molar-refractivity contribution in [3.63, 3.8) is 0 Å². The van der Waals surface area contributed by atoms with E-state index in [1.165, 1.54) is 11.1 Å². The molecule has 2 fully saturated rings. The zero-order valence-corrected chi connectivity index (χ0v) is 36.0. The number of pyridine rings is 1. The molecule has 2 saturated heterocycles. The SMILES string of the molecule is C=CC(=O)N1CC(OC(C(=O)N[C@H]2Cc3cc(O)cc(c3)-c3ccc4c(c3)c(c(-c3cccnc3COC)n4CC)CC(C)(C)COC(=O)[C@@H]3CCCN(N3)C2=O)C(C)C)C1. The minimum atomic E-state index is -1.09. The number of nitrogens with zero attached hydrogens (tertiary/aromatic N) is 4. The van der Waals surface area contributed by atoms with Crippen molar-refractivity contribution in [3.05, 3.63) is 84.2 Å². The topological polar surface area (TPSA) is 165 Å². The van der Waals surface area contributed by atoms with Gasteiger partial charge in [-0.05, 0) is 96.8 Å². The Balaban J connectivity index is 1.31. The number of amides is 3. The van der Waals surface area contributed by atoms with Gasteiger partial charge in [-0.25, -0.2) is 5.43 Å². The zero-order chi connectivity index (χ0) is 43.6. The third-order valence-electron chi connectivity index (χ3n) is 11.8. The van der Waals surface area contributed by atoms with Crippen molar-refractivity contribution in [2.24, 2.45) is 11.3 Å². The van der Waals surface area contributed by atoms with Crippen molar-refractivity contribution in [1.29, 1.82) is 0 Å². The number of esters is 1. The number of carbonyl (C=O) groups is 4. The van der Waals surface area contributed by atoms with E-state index in [1.54, 1.807) is 30.3 Å². The average Bonchev–Trinajstić information content (AvgIpc) is 3.52. The van der Waals surface area contributed by atoms with Gasteiger partial charge in [0.1, 0.15) is 23.9 Å². The zero-order valence-electron chi connectivity index (χ0n) is 36.0. The summed E-state index contributed by atoms with van der Waals surface area (Å²) in [6.07, 6.45) is 3.35. The summed E-state index contributed by atoms with van der Waals surface area (Å²) in [6, 6.07) is 13.6. The number of hydrogen-bond acceptors (Lipinski definition) is 10. The smallest absolute Gasteiger partial charge is 0.324 e. The van der Waals surface area contributed by atoms with Crippen LogP contribution in [0.1, 0.15) is 64.3 Å². The Morgan fingerprint density at radius 3 is 2.64 bits per heavy atom. The fourth-order valence-electron chi connectivity index (χ4n) is 8.73. The third kappa shape index (κ3) is 9.36. The van der Waals surface area contributed by atoms with Gasteiger partial charge in [0.15, 0.2) is 0 Å². The number of ether oxygens (including phenoxy) is 3. The number of phenolic OH excluding ortho intramolecular Hbond substituents is 1. The molecule has 3 aliphatic heterocycles. The standard InChI is InChI=1S/C47H58N6O8/c1-8-41(55)51-24-33(25-51)61-43(28(3)4)44(56)49-38-20-29-18-31(21-32(54)19-29)30-14-15-40-35(22-30)36(42(52(40)9-2)34-12-10-16-48-39(34)26-59-7)23-47(5,6)27-60-46(58)37-13-11-17-53(50-37)45(38)57/h8,10,12,14-16,18-19,21-22,28,33,37-38,43,50,54H,1,9,11,13,17,20,23-27H2,2-7H3,(H,49,56)/t37-,38-,43?/m0/s1. The molecule has 0 radical (unpaired) electrons. The molecule has 6 bridgehead atoms. The minimum absolute atomic E-state index is 0.0122. The van der Waals surface area contributed by atoms with Gasteiger partial charge >= 0.3 is 5.97 Å². The van der Waals surface area contributed by atoms with Gasteiger partial charge in [-0.3, -0.25) is 29.2 Å². The first-order chi connectivity index (χ1) is 29.2. The number of rotatable bonds is 10. The number of methoxy groups -OCH3 is 1. The molecule has 324 valence electrons. The van der Waals surface area contributed by atoms with E-state index in [9.17, 15) is 24.3 Å². The molecule has 4 aromatic rings. The molecule has 2 aromatic heterocycles. The summed E-state index contributed by atoms with van der Waals surface area (Å²) in [7, 11) is 1.66. The Morgan fingerprint density at radius 2 is 1.92 bits per heavy atom. The van der Waals surface area contributed by atoms with Crippen LogP contribution in [0.25, 0.3) is 33.3 Å². The van der Waals surface area contributed by atoms with Crippen molar-refractivity contribution in [1.82, 2.24) is 30.2 Å². The molecule has 14 nitrogen and oxygen atoms in total. The van der Waals surface area contributed by atoms with E-state index in [0.29, 0.717) is 57.6 Å². The van der Waals surface area contributed by atoms with Crippen LogP contribution in [0.5, 0.6) is 5.75 Å². The second kappa shape index (κ2) is 18.2. The first-order valence-corrected chi connectivity index (χ1v) is 21.2. The maximum atomic E-state index is 14.5. The van der Waals surface area contributed by atoms with Gasteiger partial charge in [-0.2, -0.15) is 0 Å². The number of likely N-dealkylation sites (tertiary alicyclic amines) is 1. The lowest BCUT2D eigenvalue weighted by molar-refractivity contribution is -0.160. The molecule has 3 atom stereocenters. The molecule has 2 aromatic carbocycles. The normalized spacial score (nSPS) is 20.2. The summed E-state index contributed by atoms with van der Waals surface area (Å²) >= 11 is 0. The van der Waals surface area contributed by atoms with Crippen molar-refractivity contribution in [2.75, 3.05) is 33.4 Å². The highest BCUT2D eigenvalue weighted by atomic mass is 16.5. The van der Waals surface area contributed by atoms with Crippen LogP contribution in [0.2, 0.25) is 0 Å². The molecule has 61 heavy (non-hydrogen) atoms. The van der Waals surface area contributed by atoms with E-state index in [0.717, 1.165) is 44.5 Å². The molecule has 3 amide bonds. The molecule has 0 saturated carbocycles. The van der Waals surface area contributed by atoms with Crippen molar-refractivity contribution >= 4 is 34.6 Å². The first-order valence-electron chi connectivity index (χ1n) is 21.2. The summed E-state index contributed by atoms with van der Waals surface area (Å²) in [5.74, 6) is -1.82. The molecule has 7 rings (SSSR count). The number of aryl methyl sites for hydroxylation is 1. The van der Waals surface area contributed by atoms with Gasteiger partial charge in [0, 0.05) is 67.8 Å². The summed E-state index contributed by atoms with van der Waals surface area (Å²) < 4.78 is 20.2. The van der Waals surface area contributed by atoms with Gasteiger partial charge in [-0.15, -0.1) is 0 Å².